The SMILES string of the molecule is Cn1cc(Br)c(C#N)cc1=O. The summed E-state index contributed by atoms with van der Waals surface area (Å²) >= 11 is 3.16. The molecule has 0 aliphatic heterocycles. The van der Waals surface area contributed by atoms with Crippen molar-refractivity contribution in [3.05, 3.63) is 32.7 Å². The molecule has 0 saturated carbocycles. The Morgan fingerprint density at radius 1 is 1.73 bits per heavy atom. The van der Waals surface area contributed by atoms with Crippen LogP contribution in [0.25, 0.3) is 0 Å². The predicted octanol–water partition coefficient (Wildman–Crippen LogP) is 1.02. The minimum atomic E-state index is -0.176. The molecule has 1 aromatic rings. The highest BCUT2D eigenvalue weighted by molar-refractivity contribution is 9.10. The Bertz CT molecular complexity index is 375. The molecule has 0 fully saturated rings. The fourth-order valence-corrected chi connectivity index (χ4v) is 1.19. The molecule has 0 radical (unpaired) electrons. The van der Waals surface area contributed by atoms with Crippen molar-refractivity contribution in [1.29, 1.82) is 5.26 Å². The zero-order chi connectivity index (χ0) is 8.43. The molecule has 1 aromatic heterocycles. The van der Waals surface area contributed by atoms with Crippen molar-refractivity contribution in [2.75, 3.05) is 0 Å². The maximum atomic E-state index is 10.9. The normalized spacial score (nSPS) is 9.18. The van der Waals surface area contributed by atoms with Gasteiger partial charge in [0.2, 0.25) is 0 Å². The van der Waals surface area contributed by atoms with Gasteiger partial charge in [-0.05, 0) is 15.9 Å². The summed E-state index contributed by atoms with van der Waals surface area (Å²) in [6.45, 7) is 0. The molecule has 0 spiro atoms. The topological polar surface area (TPSA) is 45.8 Å². The minimum absolute atomic E-state index is 0.176. The van der Waals surface area contributed by atoms with Crippen molar-refractivity contribution in [2.45, 2.75) is 0 Å². The fourth-order valence-electron chi connectivity index (χ4n) is 0.683. The van der Waals surface area contributed by atoms with Gasteiger partial charge in [0.25, 0.3) is 5.56 Å². The van der Waals surface area contributed by atoms with Crippen LogP contribution in [0.2, 0.25) is 0 Å². The lowest BCUT2D eigenvalue weighted by atomic mass is 10.3. The molecule has 0 amide bonds. The van der Waals surface area contributed by atoms with Gasteiger partial charge in [0.05, 0.1) is 10.0 Å². The van der Waals surface area contributed by atoms with Crippen LogP contribution >= 0.6 is 15.9 Å². The Hall–Kier alpha value is -1.08. The average molecular weight is 213 g/mol. The number of rotatable bonds is 0. The lowest BCUT2D eigenvalue weighted by Gasteiger charge is -1.97. The first kappa shape index (κ1) is 8.02. The summed E-state index contributed by atoms with van der Waals surface area (Å²) in [5, 5.41) is 8.51. The molecule has 1 rings (SSSR count). The van der Waals surface area contributed by atoms with Crippen LogP contribution in [0.4, 0.5) is 0 Å². The van der Waals surface area contributed by atoms with Crippen LogP contribution in [0.3, 0.4) is 0 Å². The lowest BCUT2D eigenvalue weighted by Crippen LogP contribution is -2.15. The van der Waals surface area contributed by atoms with E-state index in [0.29, 0.717) is 10.0 Å². The Morgan fingerprint density at radius 2 is 2.36 bits per heavy atom. The Morgan fingerprint density at radius 3 is 2.91 bits per heavy atom. The molecule has 56 valence electrons. The lowest BCUT2D eigenvalue weighted by molar-refractivity contribution is 0.853. The third-order valence-corrected chi connectivity index (χ3v) is 1.93. The molecule has 0 aliphatic carbocycles. The van der Waals surface area contributed by atoms with Gasteiger partial charge in [-0.25, -0.2) is 0 Å². The highest BCUT2D eigenvalue weighted by Crippen LogP contribution is 2.11. The van der Waals surface area contributed by atoms with Crippen molar-refractivity contribution < 1.29 is 0 Å². The van der Waals surface area contributed by atoms with Crippen LogP contribution < -0.4 is 5.56 Å². The van der Waals surface area contributed by atoms with Gasteiger partial charge in [-0.15, -0.1) is 0 Å². The van der Waals surface area contributed by atoms with E-state index in [2.05, 4.69) is 15.9 Å². The molecule has 0 atom stereocenters. The largest absolute Gasteiger partial charge is 0.317 e. The second kappa shape index (κ2) is 2.89. The van der Waals surface area contributed by atoms with Crippen molar-refractivity contribution >= 4 is 15.9 Å². The summed E-state index contributed by atoms with van der Waals surface area (Å²) < 4.78 is 2.05. The van der Waals surface area contributed by atoms with E-state index in [1.807, 2.05) is 6.07 Å². The summed E-state index contributed by atoms with van der Waals surface area (Å²) in [6.07, 6.45) is 1.57. The Labute approximate surface area is 72.0 Å². The number of hydrogen-bond acceptors (Lipinski definition) is 2. The number of aromatic nitrogens is 1. The zero-order valence-electron chi connectivity index (χ0n) is 5.84. The monoisotopic (exact) mass is 212 g/mol. The van der Waals surface area contributed by atoms with Crippen LogP contribution in [0.5, 0.6) is 0 Å². The molecule has 0 unspecified atom stereocenters. The summed E-state index contributed by atoms with van der Waals surface area (Å²) in [5.74, 6) is 0. The van der Waals surface area contributed by atoms with Gasteiger partial charge in [0, 0.05) is 19.3 Å². The van der Waals surface area contributed by atoms with Crippen molar-refractivity contribution in [1.82, 2.24) is 4.57 Å². The Balaban J connectivity index is 3.48. The number of nitriles is 1. The molecular formula is C7H5BrN2O. The first-order valence-corrected chi connectivity index (χ1v) is 3.70. The summed E-state index contributed by atoms with van der Waals surface area (Å²) in [7, 11) is 1.63. The van der Waals surface area contributed by atoms with Crippen LogP contribution in [0, 0.1) is 11.3 Å². The number of halogens is 1. The van der Waals surface area contributed by atoms with E-state index in [1.54, 1.807) is 13.2 Å². The standard InChI is InChI=1S/C7H5BrN2O/c1-10-4-6(8)5(3-9)2-7(10)11/h2,4H,1H3. The molecule has 0 bridgehead atoms. The van der Waals surface area contributed by atoms with Gasteiger partial charge in [-0.3, -0.25) is 4.79 Å². The van der Waals surface area contributed by atoms with Crippen molar-refractivity contribution in [3.8, 4) is 6.07 Å². The van der Waals surface area contributed by atoms with E-state index < -0.39 is 0 Å². The van der Waals surface area contributed by atoms with Crippen molar-refractivity contribution in [3.63, 3.8) is 0 Å². The summed E-state index contributed by atoms with van der Waals surface area (Å²) in [4.78, 5) is 10.9. The third-order valence-electron chi connectivity index (χ3n) is 1.30. The minimum Gasteiger partial charge on any atom is -0.317 e. The number of pyridine rings is 1. The van der Waals surface area contributed by atoms with Gasteiger partial charge in [0.1, 0.15) is 6.07 Å². The van der Waals surface area contributed by atoms with Gasteiger partial charge in [-0.1, -0.05) is 0 Å². The summed E-state index contributed by atoms with van der Waals surface area (Å²) in [6, 6.07) is 3.20. The average Bonchev–Trinajstić information content (AvgIpc) is 1.97. The highest BCUT2D eigenvalue weighted by Gasteiger charge is 1.99. The predicted molar refractivity (Wildman–Crippen MR) is 44.1 cm³/mol. The molecule has 4 heteroatoms. The van der Waals surface area contributed by atoms with E-state index in [1.165, 1.54) is 10.6 Å². The molecule has 11 heavy (non-hydrogen) atoms. The molecule has 0 N–H and O–H groups in total. The molecule has 1 heterocycles. The Kier molecular flexibility index (Phi) is 2.11. The second-order valence-electron chi connectivity index (χ2n) is 2.10. The fraction of sp³-hybridized carbons (Fsp3) is 0.143. The van der Waals surface area contributed by atoms with E-state index >= 15 is 0 Å². The molecule has 0 aliphatic rings. The van der Waals surface area contributed by atoms with E-state index in [9.17, 15) is 4.79 Å². The van der Waals surface area contributed by atoms with Crippen LogP contribution in [0.15, 0.2) is 21.5 Å². The first-order chi connectivity index (χ1) is 5.15. The van der Waals surface area contributed by atoms with Crippen molar-refractivity contribution in [2.24, 2.45) is 7.05 Å². The molecule has 0 aromatic carbocycles. The van der Waals surface area contributed by atoms with Gasteiger partial charge >= 0.3 is 0 Å². The van der Waals surface area contributed by atoms with E-state index in [0.717, 1.165) is 0 Å². The molecule has 0 saturated heterocycles. The second-order valence-corrected chi connectivity index (χ2v) is 2.95. The first-order valence-electron chi connectivity index (χ1n) is 2.91. The summed E-state index contributed by atoms with van der Waals surface area (Å²) in [5.41, 5.74) is 0.192. The van der Waals surface area contributed by atoms with E-state index in [4.69, 9.17) is 5.26 Å². The third kappa shape index (κ3) is 1.49. The van der Waals surface area contributed by atoms with Gasteiger partial charge in [0.15, 0.2) is 0 Å². The zero-order valence-corrected chi connectivity index (χ0v) is 7.42. The van der Waals surface area contributed by atoms with Crippen LogP contribution in [0.1, 0.15) is 5.56 Å². The van der Waals surface area contributed by atoms with Crippen LogP contribution in [-0.4, -0.2) is 4.57 Å². The molecule has 3 nitrogen and oxygen atoms in total. The van der Waals surface area contributed by atoms with Gasteiger partial charge in [-0.2, -0.15) is 5.26 Å². The number of nitrogens with zero attached hydrogens (tertiary/aromatic N) is 2. The van der Waals surface area contributed by atoms with E-state index in [-0.39, 0.29) is 5.56 Å². The highest BCUT2D eigenvalue weighted by atomic mass is 79.9. The smallest absolute Gasteiger partial charge is 0.251 e. The quantitative estimate of drug-likeness (QED) is 0.645. The molecular weight excluding hydrogens is 208 g/mol. The number of hydrogen-bond donors (Lipinski definition) is 0. The number of aryl methyl sites for hydroxylation is 1. The maximum absolute atomic E-state index is 10.9. The maximum Gasteiger partial charge on any atom is 0.251 e. The van der Waals surface area contributed by atoms with Gasteiger partial charge < -0.3 is 4.57 Å². The van der Waals surface area contributed by atoms with Crippen LogP contribution in [-0.2, 0) is 7.05 Å².